The van der Waals surface area contributed by atoms with Crippen LogP contribution in [0.3, 0.4) is 0 Å². The Labute approximate surface area is 110 Å². The molecule has 2 rings (SSSR count). The van der Waals surface area contributed by atoms with Gasteiger partial charge in [-0.2, -0.15) is 0 Å². The third kappa shape index (κ3) is 2.44. The fourth-order valence-corrected chi connectivity index (χ4v) is 2.17. The fraction of sp³-hybridized carbons (Fsp3) is 0.133. The van der Waals surface area contributed by atoms with Crippen molar-refractivity contribution in [2.75, 3.05) is 0 Å². The summed E-state index contributed by atoms with van der Waals surface area (Å²) in [6.45, 7) is 3.41. The average Bonchev–Trinajstić information content (AvgIpc) is 2.30. The molecule has 0 aliphatic heterocycles. The van der Waals surface area contributed by atoms with Crippen LogP contribution >= 0.6 is 11.6 Å². The lowest BCUT2D eigenvalue weighted by Gasteiger charge is -2.08. The van der Waals surface area contributed by atoms with Crippen molar-refractivity contribution in [3.63, 3.8) is 0 Å². The van der Waals surface area contributed by atoms with E-state index in [-0.39, 0.29) is 11.6 Å². The van der Waals surface area contributed by atoms with E-state index >= 15 is 0 Å². The standard InChI is InChI=1S/C15H12ClFO/c1-9-3-4-11(7-14(9)10(2)18)13-6-5-12(17)8-15(13)16/h3-8H,1-2H3. The largest absolute Gasteiger partial charge is 0.295 e. The Balaban J connectivity index is 2.58. The number of carbonyl (C=O) groups excluding carboxylic acids is 1. The first-order chi connectivity index (χ1) is 8.49. The van der Waals surface area contributed by atoms with Crippen LogP contribution in [0.4, 0.5) is 4.39 Å². The average molecular weight is 263 g/mol. The van der Waals surface area contributed by atoms with Gasteiger partial charge in [-0.05, 0) is 49.2 Å². The van der Waals surface area contributed by atoms with Crippen LogP contribution in [-0.4, -0.2) is 5.78 Å². The molecule has 0 unspecified atom stereocenters. The fourth-order valence-electron chi connectivity index (χ4n) is 1.89. The molecule has 0 fully saturated rings. The lowest BCUT2D eigenvalue weighted by atomic mass is 9.98. The van der Waals surface area contributed by atoms with Crippen LogP contribution in [0.15, 0.2) is 36.4 Å². The second kappa shape index (κ2) is 4.91. The summed E-state index contributed by atoms with van der Waals surface area (Å²) < 4.78 is 13.0. The topological polar surface area (TPSA) is 17.1 Å². The van der Waals surface area contributed by atoms with E-state index < -0.39 is 0 Å². The number of hydrogen-bond acceptors (Lipinski definition) is 1. The molecule has 0 spiro atoms. The highest BCUT2D eigenvalue weighted by atomic mass is 35.5. The first-order valence-corrected chi connectivity index (χ1v) is 5.94. The third-order valence-corrected chi connectivity index (χ3v) is 3.17. The number of benzene rings is 2. The summed E-state index contributed by atoms with van der Waals surface area (Å²) in [6, 6.07) is 9.77. The number of aryl methyl sites for hydroxylation is 1. The van der Waals surface area contributed by atoms with E-state index in [0.29, 0.717) is 10.6 Å². The minimum atomic E-state index is -0.373. The molecule has 2 aromatic carbocycles. The van der Waals surface area contributed by atoms with Crippen molar-refractivity contribution in [3.8, 4) is 11.1 Å². The van der Waals surface area contributed by atoms with Crippen molar-refractivity contribution in [3.05, 3.63) is 58.4 Å². The molecule has 0 heterocycles. The predicted molar refractivity (Wildman–Crippen MR) is 71.6 cm³/mol. The first-order valence-electron chi connectivity index (χ1n) is 5.56. The second-order valence-corrected chi connectivity index (χ2v) is 4.62. The Morgan fingerprint density at radius 1 is 1.17 bits per heavy atom. The van der Waals surface area contributed by atoms with E-state index in [1.807, 2.05) is 19.1 Å². The van der Waals surface area contributed by atoms with Gasteiger partial charge in [0.05, 0.1) is 5.02 Å². The van der Waals surface area contributed by atoms with Crippen LogP contribution in [-0.2, 0) is 0 Å². The van der Waals surface area contributed by atoms with E-state index in [0.717, 1.165) is 16.7 Å². The summed E-state index contributed by atoms with van der Waals surface area (Å²) in [5, 5.41) is 0.341. The van der Waals surface area contributed by atoms with Gasteiger partial charge in [-0.25, -0.2) is 4.39 Å². The zero-order valence-corrected chi connectivity index (χ0v) is 10.9. The summed E-state index contributed by atoms with van der Waals surface area (Å²) in [5.41, 5.74) is 3.12. The highest BCUT2D eigenvalue weighted by Crippen LogP contribution is 2.29. The van der Waals surface area contributed by atoms with E-state index in [2.05, 4.69) is 0 Å². The molecule has 0 N–H and O–H groups in total. The van der Waals surface area contributed by atoms with E-state index in [4.69, 9.17) is 11.6 Å². The van der Waals surface area contributed by atoms with Crippen molar-refractivity contribution in [2.24, 2.45) is 0 Å². The van der Waals surface area contributed by atoms with Crippen LogP contribution in [0.5, 0.6) is 0 Å². The SMILES string of the molecule is CC(=O)c1cc(-c2ccc(F)cc2Cl)ccc1C. The van der Waals surface area contributed by atoms with Crippen LogP contribution in [0.25, 0.3) is 11.1 Å². The maximum atomic E-state index is 13.0. The molecule has 3 heteroatoms. The van der Waals surface area contributed by atoms with Gasteiger partial charge in [0.1, 0.15) is 5.82 Å². The molecule has 0 saturated heterocycles. The zero-order valence-electron chi connectivity index (χ0n) is 10.1. The lowest BCUT2D eigenvalue weighted by Crippen LogP contribution is -1.96. The molecule has 2 aromatic rings. The Morgan fingerprint density at radius 2 is 1.89 bits per heavy atom. The maximum absolute atomic E-state index is 13.0. The molecule has 0 bridgehead atoms. The second-order valence-electron chi connectivity index (χ2n) is 4.21. The van der Waals surface area contributed by atoms with Gasteiger partial charge in [0.15, 0.2) is 5.78 Å². The quantitative estimate of drug-likeness (QED) is 0.720. The highest BCUT2D eigenvalue weighted by molar-refractivity contribution is 6.33. The molecule has 92 valence electrons. The summed E-state index contributed by atoms with van der Waals surface area (Å²) in [4.78, 5) is 11.5. The van der Waals surface area contributed by atoms with Crippen LogP contribution < -0.4 is 0 Å². The van der Waals surface area contributed by atoms with Crippen LogP contribution in [0, 0.1) is 12.7 Å². The summed E-state index contributed by atoms with van der Waals surface area (Å²) in [5.74, 6) is -0.366. The van der Waals surface area contributed by atoms with E-state index in [1.54, 1.807) is 12.1 Å². The molecule has 18 heavy (non-hydrogen) atoms. The van der Waals surface area contributed by atoms with Gasteiger partial charge in [-0.1, -0.05) is 23.7 Å². The molecule has 0 amide bonds. The molecule has 0 atom stereocenters. The van der Waals surface area contributed by atoms with Gasteiger partial charge < -0.3 is 0 Å². The highest BCUT2D eigenvalue weighted by Gasteiger charge is 2.09. The van der Waals surface area contributed by atoms with Crippen molar-refractivity contribution in [1.82, 2.24) is 0 Å². The number of Topliss-reactive ketones (excluding diaryl/α,β-unsaturated/α-hetero) is 1. The molecule has 0 radical (unpaired) electrons. The Bertz CT molecular complexity index is 620. The van der Waals surface area contributed by atoms with Gasteiger partial charge in [-0.15, -0.1) is 0 Å². The maximum Gasteiger partial charge on any atom is 0.160 e. The molecule has 0 aliphatic rings. The number of halogens is 2. The predicted octanol–water partition coefficient (Wildman–Crippen LogP) is 4.66. The minimum absolute atomic E-state index is 0.00702. The lowest BCUT2D eigenvalue weighted by molar-refractivity contribution is 0.101. The van der Waals surface area contributed by atoms with Crippen molar-refractivity contribution in [2.45, 2.75) is 13.8 Å². The van der Waals surface area contributed by atoms with Gasteiger partial charge in [0.25, 0.3) is 0 Å². The molecular weight excluding hydrogens is 251 g/mol. The molecule has 0 saturated carbocycles. The van der Waals surface area contributed by atoms with Crippen molar-refractivity contribution >= 4 is 17.4 Å². The smallest absolute Gasteiger partial charge is 0.160 e. The monoisotopic (exact) mass is 262 g/mol. The molecule has 1 nitrogen and oxygen atoms in total. The van der Waals surface area contributed by atoms with Gasteiger partial charge >= 0.3 is 0 Å². The van der Waals surface area contributed by atoms with Crippen molar-refractivity contribution in [1.29, 1.82) is 0 Å². The molecule has 0 aromatic heterocycles. The van der Waals surface area contributed by atoms with Crippen LogP contribution in [0.1, 0.15) is 22.8 Å². The van der Waals surface area contributed by atoms with Gasteiger partial charge in [-0.3, -0.25) is 4.79 Å². The normalized spacial score (nSPS) is 10.4. The van der Waals surface area contributed by atoms with E-state index in [9.17, 15) is 9.18 Å². The Kier molecular flexibility index (Phi) is 3.48. The third-order valence-electron chi connectivity index (χ3n) is 2.86. The van der Waals surface area contributed by atoms with Gasteiger partial charge in [0.2, 0.25) is 0 Å². The van der Waals surface area contributed by atoms with Crippen molar-refractivity contribution < 1.29 is 9.18 Å². The zero-order chi connectivity index (χ0) is 13.3. The van der Waals surface area contributed by atoms with E-state index in [1.165, 1.54) is 19.1 Å². The number of hydrogen-bond donors (Lipinski definition) is 0. The number of rotatable bonds is 2. The number of carbonyl (C=O) groups is 1. The van der Waals surface area contributed by atoms with Gasteiger partial charge in [0, 0.05) is 11.1 Å². The Hall–Kier alpha value is -1.67. The molecular formula is C15H12ClFO. The molecule has 0 aliphatic carbocycles. The van der Waals surface area contributed by atoms with Crippen LogP contribution in [0.2, 0.25) is 5.02 Å². The number of ketones is 1. The summed E-state index contributed by atoms with van der Waals surface area (Å²) >= 11 is 6.01. The summed E-state index contributed by atoms with van der Waals surface area (Å²) in [6.07, 6.45) is 0. The minimum Gasteiger partial charge on any atom is -0.295 e. The first kappa shape index (κ1) is 12.8. The summed E-state index contributed by atoms with van der Waals surface area (Å²) in [7, 11) is 0. The Morgan fingerprint density at radius 3 is 2.50 bits per heavy atom.